The monoisotopic (exact) mass is 728 g/mol. The van der Waals surface area contributed by atoms with Crippen molar-refractivity contribution >= 4 is 29.6 Å². The smallest absolute Gasteiger partial charge is 0.309 e. The fourth-order valence-corrected chi connectivity index (χ4v) is 13.7. The van der Waals surface area contributed by atoms with E-state index in [1.54, 1.807) is 27.7 Å². The molecule has 5 aliphatic rings. The molecule has 5 unspecified atom stereocenters. The molecule has 9 heteroatoms. The minimum absolute atomic E-state index is 0.0141. The molecule has 9 nitrogen and oxygen atoms in total. The van der Waals surface area contributed by atoms with E-state index in [-0.39, 0.29) is 86.8 Å². The van der Waals surface area contributed by atoms with Crippen molar-refractivity contribution in [3.63, 3.8) is 0 Å². The first-order chi connectivity index (χ1) is 23.5. The number of nitrogens with one attached hydrogen (secondary N) is 1. The van der Waals surface area contributed by atoms with Gasteiger partial charge >= 0.3 is 17.9 Å². The van der Waals surface area contributed by atoms with Gasteiger partial charge in [-0.2, -0.15) is 0 Å². The van der Waals surface area contributed by atoms with Crippen molar-refractivity contribution < 1.29 is 38.9 Å². The lowest BCUT2D eigenvalue weighted by molar-refractivity contribution is -0.319. The van der Waals surface area contributed by atoms with E-state index in [4.69, 9.17) is 4.74 Å². The molecule has 5 fully saturated rings. The van der Waals surface area contributed by atoms with Gasteiger partial charge < -0.3 is 20.3 Å². The lowest BCUT2D eigenvalue weighted by Gasteiger charge is -2.80. The summed E-state index contributed by atoms with van der Waals surface area (Å²) < 4.78 is 6.23. The molecule has 5 aliphatic carbocycles. The number of Topliss-reactive ketones (excluding diaryl/α,β-unsaturated/α-hetero) is 1. The van der Waals surface area contributed by atoms with Crippen molar-refractivity contribution in [1.82, 2.24) is 5.32 Å². The molecule has 0 saturated heterocycles. The second-order valence-electron chi connectivity index (χ2n) is 21.5. The molecule has 294 valence electrons. The van der Waals surface area contributed by atoms with Crippen LogP contribution < -0.4 is 5.32 Å². The van der Waals surface area contributed by atoms with Crippen LogP contribution in [0.4, 0.5) is 0 Å². The van der Waals surface area contributed by atoms with Crippen LogP contribution in [0.1, 0.15) is 161 Å². The zero-order valence-corrected chi connectivity index (χ0v) is 34.5. The van der Waals surface area contributed by atoms with Crippen molar-refractivity contribution in [1.29, 1.82) is 0 Å². The summed E-state index contributed by atoms with van der Waals surface area (Å²) in [6.07, 6.45) is 6.82. The third kappa shape index (κ3) is 5.37. The Balaban J connectivity index is 1.49. The van der Waals surface area contributed by atoms with E-state index in [2.05, 4.69) is 67.6 Å². The van der Waals surface area contributed by atoms with Crippen molar-refractivity contribution in [2.75, 3.05) is 0 Å². The molecule has 0 aromatic carbocycles. The van der Waals surface area contributed by atoms with Gasteiger partial charge in [-0.05, 0) is 124 Å². The van der Waals surface area contributed by atoms with E-state index in [1.165, 1.54) is 0 Å². The predicted molar refractivity (Wildman–Crippen MR) is 199 cm³/mol. The van der Waals surface area contributed by atoms with E-state index >= 15 is 0 Å². The molecule has 5 rings (SSSR count). The van der Waals surface area contributed by atoms with Crippen LogP contribution in [0.3, 0.4) is 0 Å². The highest BCUT2D eigenvalue weighted by Gasteiger charge is 2.78. The van der Waals surface area contributed by atoms with Crippen LogP contribution in [0.15, 0.2) is 0 Å². The topological polar surface area (TPSA) is 147 Å². The number of rotatable bonds is 9. The third-order valence-corrected chi connectivity index (χ3v) is 18.1. The fourth-order valence-electron chi connectivity index (χ4n) is 13.7. The third-order valence-electron chi connectivity index (χ3n) is 18.1. The molecule has 10 atom stereocenters. The number of carboxylic acids is 2. The summed E-state index contributed by atoms with van der Waals surface area (Å²) in [6.45, 7) is 27.5. The predicted octanol–water partition coefficient (Wildman–Crippen LogP) is 8.47. The van der Waals surface area contributed by atoms with Crippen LogP contribution in [-0.2, 0) is 28.7 Å². The van der Waals surface area contributed by atoms with Crippen molar-refractivity contribution in [3.8, 4) is 0 Å². The van der Waals surface area contributed by atoms with Crippen LogP contribution in [0.25, 0.3) is 0 Å². The van der Waals surface area contributed by atoms with Crippen LogP contribution in [0.2, 0.25) is 0 Å². The maximum atomic E-state index is 14.0. The number of amides is 1. The Kier molecular flexibility index (Phi) is 9.62. The molecule has 0 spiro atoms. The van der Waals surface area contributed by atoms with E-state index in [9.17, 15) is 34.2 Å². The van der Waals surface area contributed by atoms with E-state index < -0.39 is 34.3 Å². The largest absolute Gasteiger partial charge is 0.481 e. The quantitative estimate of drug-likeness (QED) is 0.201. The van der Waals surface area contributed by atoms with Gasteiger partial charge in [-0.25, -0.2) is 0 Å². The number of ketones is 1. The second kappa shape index (κ2) is 12.3. The van der Waals surface area contributed by atoms with Gasteiger partial charge in [0.15, 0.2) is 0 Å². The number of carbonyl (C=O) groups excluding carboxylic acids is 3. The summed E-state index contributed by atoms with van der Waals surface area (Å²) in [5.74, 6) is -2.35. The lowest BCUT2D eigenvalue weighted by Crippen LogP contribution is -2.75. The Morgan fingerprint density at radius 1 is 0.750 bits per heavy atom. The Morgan fingerprint density at radius 2 is 1.27 bits per heavy atom. The summed E-state index contributed by atoms with van der Waals surface area (Å²) >= 11 is 0. The summed E-state index contributed by atoms with van der Waals surface area (Å²) in [7, 11) is 0. The maximum Gasteiger partial charge on any atom is 0.309 e. The minimum Gasteiger partial charge on any atom is -0.481 e. The van der Waals surface area contributed by atoms with Gasteiger partial charge in [-0.1, -0.05) is 62.3 Å². The molecule has 3 N–H and O–H groups in total. The molecule has 0 radical (unpaired) electrons. The number of carboxylic acid groups (broad SMARTS) is 2. The van der Waals surface area contributed by atoms with Crippen molar-refractivity contribution in [2.24, 2.45) is 67.0 Å². The first-order valence-corrected chi connectivity index (χ1v) is 20.0. The van der Waals surface area contributed by atoms with Gasteiger partial charge in [-0.15, -0.1) is 0 Å². The summed E-state index contributed by atoms with van der Waals surface area (Å²) in [6, 6.07) is 0. The van der Waals surface area contributed by atoms with Gasteiger partial charge in [0.05, 0.1) is 22.8 Å². The average molecular weight is 728 g/mol. The molecular formula is C43H69NO8. The highest BCUT2D eigenvalue weighted by atomic mass is 16.5. The van der Waals surface area contributed by atoms with Gasteiger partial charge in [-0.3, -0.25) is 24.0 Å². The highest BCUT2D eigenvalue weighted by Crippen LogP contribution is 2.83. The van der Waals surface area contributed by atoms with Gasteiger partial charge in [0.1, 0.15) is 11.9 Å². The number of carbonyl (C=O) groups is 5. The first kappa shape index (κ1) is 40.7. The van der Waals surface area contributed by atoms with Crippen LogP contribution >= 0.6 is 0 Å². The Labute approximate surface area is 312 Å². The van der Waals surface area contributed by atoms with E-state index in [0.717, 1.165) is 44.9 Å². The zero-order chi connectivity index (χ0) is 39.5. The first-order valence-electron chi connectivity index (χ1n) is 20.0. The maximum absolute atomic E-state index is 14.0. The van der Waals surface area contributed by atoms with Gasteiger partial charge in [0.2, 0.25) is 5.91 Å². The Hall–Kier alpha value is -2.45. The van der Waals surface area contributed by atoms with Gasteiger partial charge in [0, 0.05) is 24.2 Å². The number of aliphatic carboxylic acids is 2. The molecule has 0 bridgehead atoms. The Morgan fingerprint density at radius 3 is 1.83 bits per heavy atom. The number of ether oxygens (including phenoxy) is 1. The molecule has 1 amide bonds. The van der Waals surface area contributed by atoms with Crippen molar-refractivity contribution in [3.05, 3.63) is 0 Å². The van der Waals surface area contributed by atoms with Crippen LogP contribution in [0.5, 0.6) is 0 Å². The number of hydrogen-bond donors (Lipinski definition) is 3. The highest BCUT2D eigenvalue weighted by molar-refractivity contribution is 5.89. The number of hydrogen-bond acceptors (Lipinski definition) is 6. The fraction of sp³-hybridized carbons (Fsp3) is 0.884. The molecule has 0 aromatic rings. The van der Waals surface area contributed by atoms with Gasteiger partial charge in [0.25, 0.3) is 0 Å². The average Bonchev–Trinajstić information content (AvgIpc) is 3.29. The lowest BCUT2D eigenvalue weighted by atomic mass is 9.25. The van der Waals surface area contributed by atoms with Crippen LogP contribution in [0, 0.1) is 67.0 Å². The minimum atomic E-state index is -1.20. The molecular weight excluding hydrogens is 658 g/mol. The summed E-state index contributed by atoms with van der Waals surface area (Å²) in [4.78, 5) is 64.7. The standard InChI is InChI=1S/C43H69NO8/c1-25(2)31-27(45)22-43(44-29(46)23-35(3,4)33(48)49)21-18-38(9)26(32(31)43)14-16-42(13)40(38,11)20-19-39(10)37(7,8)28(15-17-41(39,42)12)52-30(47)24-36(5,6)34(50)51/h25-26,28,31-32H,14-24H2,1-13H3,(H,44,46)(H,48,49)(H,50,51)/t26?,28-,31?,32?,38+,39-,40?,41?,42-,43+/m0/s1. The molecule has 0 aliphatic heterocycles. The van der Waals surface area contributed by atoms with Crippen molar-refractivity contribution in [2.45, 2.75) is 172 Å². The van der Waals surface area contributed by atoms with E-state index in [1.807, 2.05) is 0 Å². The molecule has 5 saturated carbocycles. The SMILES string of the molecule is CC(C)C1C(=O)C[C@]2(NC(=O)CC(C)(C)C(=O)O)CC[C@]3(C)C(CC[C@]4(C)C5(C)CC[C@H](OC(=O)CC(C)(C)C(=O)O)C(C)(C)[C@]5(C)CCC43C)C12. The van der Waals surface area contributed by atoms with Crippen LogP contribution in [-0.4, -0.2) is 51.5 Å². The molecule has 0 aromatic heterocycles. The Bertz CT molecular complexity index is 1530. The van der Waals surface area contributed by atoms with E-state index in [0.29, 0.717) is 12.8 Å². The second-order valence-corrected chi connectivity index (χ2v) is 21.5. The zero-order valence-electron chi connectivity index (χ0n) is 34.5. The normalized spacial score (nSPS) is 42.7. The summed E-state index contributed by atoms with van der Waals surface area (Å²) in [5, 5.41) is 22.8. The summed E-state index contributed by atoms with van der Waals surface area (Å²) in [5.41, 5.74) is -3.94. The molecule has 52 heavy (non-hydrogen) atoms. The molecule has 0 heterocycles. The number of esters is 1. The number of fused-ring (bicyclic) bond motifs is 7.